The van der Waals surface area contributed by atoms with Gasteiger partial charge >= 0.3 is 0 Å². The molecule has 2 unspecified atom stereocenters. The van der Waals surface area contributed by atoms with Gasteiger partial charge in [-0.1, -0.05) is 37.6 Å². The van der Waals surface area contributed by atoms with Gasteiger partial charge in [-0.05, 0) is 61.7 Å². The smallest absolute Gasteiger partial charge is 0.0905 e. The van der Waals surface area contributed by atoms with E-state index in [1.54, 1.807) is 0 Å². The average Bonchev–Trinajstić information content (AvgIpc) is 2.76. The number of aliphatic hydroxyl groups is 2. The van der Waals surface area contributed by atoms with Crippen LogP contribution < -0.4 is 0 Å². The van der Waals surface area contributed by atoms with Crippen molar-refractivity contribution in [2.24, 2.45) is 28.6 Å². The normalized spacial score (nSPS) is 55.4. The molecule has 2 N–H and O–H groups in total. The maximum Gasteiger partial charge on any atom is 0.0905 e. The molecule has 0 aromatic heterocycles. The van der Waals surface area contributed by atoms with Crippen molar-refractivity contribution < 1.29 is 10.2 Å². The second-order valence-electron chi connectivity index (χ2n) is 8.38. The zero-order valence-electron chi connectivity index (χ0n) is 13.3. The summed E-state index contributed by atoms with van der Waals surface area (Å²) in [5, 5.41) is 20.3. The second kappa shape index (κ2) is 4.45. The van der Waals surface area contributed by atoms with Crippen molar-refractivity contribution in [3.05, 3.63) is 23.8 Å². The summed E-state index contributed by atoms with van der Waals surface area (Å²) in [5.41, 5.74) is 1.77. The lowest BCUT2D eigenvalue weighted by Gasteiger charge is -2.56. The summed E-state index contributed by atoms with van der Waals surface area (Å²) in [4.78, 5) is 0. The SMILES string of the molecule is C[C@]12C=CC(O)C=C1CC[C@@H]1[C@@H]2CC[C@]2(C)C(O)CC[C@@H]12. The molecule has 3 fully saturated rings. The highest BCUT2D eigenvalue weighted by Gasteiger charge is 2.58. The maximum absolute atomic E-state index is 10.4. The van der Waals surface area contributed by atoms with Crippen molar-refractivity contribution in [2.75, 3.05) is 0 Å². The molecule has 116 valence electrons. The molecule has 0 spiro atoms. The highest BCUT2D eigenvalue weighted by molar-refractivity contribution is 5.33. The molecule has 2 nitrogen and oxygen atoms in total. The first-order valence-corrected chi connectivity index (χ1v) is 8.72. The number of rotatable bonds is 0. The Morgan fingerprint density at radius 1 is 1.05 bits per heavy atom. The summed E-state index contributed by atoms with van der Waals surface area (Å²) < 4.78 is 0. The van der Waals surface area contributed by atoms with Crippen LogP contribution in [0.5, 0.6) is 0 Å². The summed E-state index contributed by atoms with van der Waals surface area (Å²) in [6.45, 7) is 4.71. The number of allylic oxidation sites excluding steroid dienone is 2. The van der Waals surface area contributed by atoms with E-state index >= 15 is 0 Å². The molecule has 0 saturated heterocycles. The van der Waals surface area contributed by atoms with E-state index < -0.39 is 0 Å². The Hall–Kier alpha value is -0.600. The van der Waals surface area contributed by atoms with Crippen molar-refractivity contribution >= 4 is 0 Å². The third kappa shape index (κ3) is 1.78. The molecular formula is C19H28O2. The predicted molar refractivity (Wildman–Crippen MR) is 83.6 cm³/mol. The lowest BCUT2D eigenvalue weighted by Crippen LogP contribution is -2.50. The summed E-state index contributed by atoms with van der Waals surface area (Å²) in [6, 6.07) is 0. The third-order valence-electron chi connectivity index (χ3n) is 7.61. The Bertz CT molecular complexity index is 508. The average molecular weight is 288 g/mol. The molecule has 4 aliphatic rings. The lowest BCUT2D eigenvalue weighted by atomic mass is 9.48. The van der Waals surface area contributed by atoms with E-state index in [4.69, 9.17) is 0 Å². The molecule has 0 heterocycles. The quantitative estimate of drug-likeness (QED) is 0.670. The van der Waals surface area contributed by atoms with Gasteiger partial charge in [0.2, 0.25) is 0 Å². The predicted octanol–water partition coefficient (Wildman–Crippen LogP) is 3.45. The van der Waals surface area contributed by atoms with Gasteiger partial charge in [-0.2, -0.15) is 0 Å². The zero-order valence-corrected chi connectivity index (χ0v) is 13.3. The van der Waals surface area contributed by atoms with Gasteiger partial charge in [-0.15, -0.1) is 0 Å². The fourth-order valence-electron chi connectivity index (χ4n) is 6.29. The minimum Gasteiger partial charge on any atom is -0.393 e. The highest BCUT2D eigenvalue weighted by Crippen LogP contribution is 2.64. The maximum atomic E-state index is 10.4. The van der Waals surface area contributed by atoms with E-state index in [0.717, 1.165) is 18.8 Å². The van der Waals surface area contributed by atoms with Crippen LogP contribution in [0.1, 0.15) is 52.4 Å². The number of aliphatic hydroxyl groups excluding tert-OH is 2. The van der Waals surface area contributed by atoms with Crippen LogP contribution in [0.3, 0.4) is 0 Å². The molecule has 0 amide bonds. The summed E-state index contributed by atoms with van der Waals surface area (Å²) in [7, 11) is 0. The second-order valence-corrected chi connectivity index (χ2v) is 8.38. The Morgan fingerprint density at radius 2 is 1.86 bits per heavy atom. The van der Waals surface area contributed by atoms with Crippen molar-refractivity contribution in [3.63, 3.8) is 0 Å². The fraction of sp³-hybridized carbons (Fsp3) is 0.789. The molecule has 3 saturated carbocycles. The van der Waals surface area contributed by atoms with Crippen LogP contribution in [-0.2, 0) is 0 Å². The van der Waals surface area contributed by atoms with Crippen LogP contribution in [0, 0.1) is 28.6 Å². The van der Waals surface area contributed by atoms with Crippen molar-refractivity contribution in [2.45, 2.75) is 64.6 Å². The first kappa shape index (κ1) is 14.0. The van der Waals surface area contributed by atoms with E-state index in [1.807, 2.05) is 6.08 Å². The van der Waals surface area contributed by atoms with Crippen molar-refractivity contribution in [3.8, 4) is 0 Å². The Balaban J connectivity index is 1.69. The van der Waals surface area contributed by atoms with Crippen LogP contribution in [0.4, 0.5) is 0 Å². The van der Waals surface area contributed by atoms with Crippen LogP contribution in [0.2, 0.25) is 0 Å². The molecule has 7 atom stereocenters. The number of hydrogen-bond acceptors (Lipinski definition) is 2. The van der Waals surface area contributed by atoms with Crippen molar-refractivity contribution in [1.82, 2.24) is 0 Å². The first-order chi connectivity index (χ1) is 9.95. The molecule has 0 aromatic carbocycles. The van der Waals surface area contributed by atoms with Crippen LogP contribution in [-0.4, -0.2) is 22.4 Å². The van der Waals surface area contributed by atoms with Gasteiger partial charge in [-0.25, -0.2) is 0 Å². The van der Waals surface area contributed by atoms with E-state index in [1.165, 1.54) is 31.3 Å². The van der Waals surface area contributed by atoms with Crippen molar-refractivity contribution in [1.29, 1.82) is 0 Å². The van der Waals surface area contributed by atoms with E-state index in [0.29, 0.717) is 11.8 Å². The fourth-order valence-corrected chi connectivity index (χ4v) is 6.29. The summed E-state index contributed by atoms with van der Waals surface area (Å²) >= 11 is 0. The molecule has 0 bridgehead atoms. The van der Waals surface area contributed by atoms with Gasteiger partial charge in [0.25, 0.3) is 0 Å². The summed E-state index contributed by atoms with van der Waals surface area (Å²) in [5.74, 6) is 2.15. The highest BCUT2D eigenvalue weighted by atomic mass is 16.3. The number of fused-ring (bicyclic) bond motifs is 5. The Labute approximate surface area is 127 Å². The van der Waals surface area contributed by atoms with E-state index in [2.05, 4.69) is 26.0 Å². The lowest BCUT2D eigenvalue weighted by molar-refractivity contribution is -0.0620. The largest absolute Gasteiger partial charge is 0.393 e. The van der Waals surface area contributed by atoms with Crippen LogP contribution >= 0.6 is 0 Å². The Morgan fingerprint density at radius 3 is 2.67 bits per heavy atom. The molecule has 0 aliphatic heterocycles. The minimum atomic E-state index is -0.383. The zero-order chi connectivity index (χ0) is 14.8. The molecule has 4 aliphatic carbocycles. The van der Waals surface area contributed by atoms with Crippen LogP contribution in [0.15, 0.2) is 23.8 Å². The van der Waals surface area contributed by atoms with E-state index in [-0.39, 0.29) is 23.0 Å². The Kier molecular flexibility index (Phi) is 2.97. The van der Waals surface area contributed by atoms with Gasteiger partial charge in [0.05, 0.1) is 12.2 Å². The van der Waals surface area contributed by atoms with Gasteiger partial charge in [-0.3, -0.25) is 0 Å². The summed E-state index contributed by atoms with van der Waals surface area (Å²) in [6.07, 6.45) is 12.9. The van der Waals surface area contributed by atoms with Gasteiger partial charge in [0.15, 0.2) is 0 Å². The van der Waals surface area contributed by atoms with E-state index in [9.17, 15) is 10.2 Å². The third-order valence-corrected chi connectivity index (χ3v) is 7.61. The molecule has 21 heavy (non-hydrogen) atoms. The molecule has 0 radical (unpaired) electrons. The number of hydrogen-bond donors (Lipinski definition) is 2. The van der Waals surface area contributed by atoms with Gasteiger partial charge in [0.1, 0.15) is 0 Å². The molecule has 2 heteroatoms. The van der Waals surface area contributed by atoms with Crippen LogP contribution in [0.25, 0.3) is 0 Å². The van der Waals surface area contributed by atoms with Gasteiger partial charge in [0, 0.05) is 5.41 Å². The first-order valence-electron chi connectivity index (χ1n) is 8.72. The molecular weight excluding hydrogens is 260 g/mol. The topological polar surface area (TPSA) is 40.5 Å². The molecule has 4 rings (SSSR count). The van der Waals surface area contributed by atoms with Gasteiger partial charge < -0.3 is 10.2 Å². The monoisotopic (exact) mass is 288 g/mol. The standard InChI is InChI=1S/C19H28O2/c1-18-9-7-13(20)11-12(18)3-4-14-15-5-6-17(21)19(15,2)10-8-16(14)18/h7,9,11,13-17,20-21H,3-6,8,10H2,1-2H3/t13?,14-,15-,16-,17?,18-,19-/m0/s1. The molecule has 0 aromatic rings. The minimum absolute atomic E-state index is 0.0862.